The molecule has 0 radical (unpaired) electrons. The van der Waals surface area contributed by atoms with Crippen LogP contribution in [0.15, 0.2) is 23.0 Å². The summed E-state index contributed by atoms with van der Waals surface area (Å²) in [5.74, 6) is -0.356. The van der Waals surface area contributed by atoms with Crippen LogP contribution in [0.5, 0.6) is 0 Å². The van der Waals surface area contributed by atoms with Gasteiger partial charge in [0, 0.05) is 16.5 Å². The van der Waals surface area contributed by atoms with E-state index in [4.69, 9.17) is 4.74 Å². The van der Waals surface area contributed by atoms with Gasteiger partial charge in [0.05, 0.1) is 12.2 Å². The Morgan fingerprint density at radius 3 is 2.89 bits per heavy atom. The maximum atomic E-state index is 12.0. The molecule has 1 aliphatic carbocycles. The predicted molar refractivity (Wildman–Crippen MR) is 72.6 cm³/mol. The Bertz CT molecular complexity index is 715. The normalized spacial score (nSPS) is 13.5. The van der Waals surface area contributed by atoms with Gasteiger partial charge in [-0.15, -0.1) is 0 Å². The van der Waals surface area contributed by atoms with Crippen LogP contribution in [0.2, 0.25) is 0 Å². The first-order chi connectivity index (χ1) is 9.20. The summed E-state index contributed by atoms with van der Waals surface area (Å²) in [6, 6.07) is 5.37. The molecule has 0 saturated heterocycles. The van der Waals surface area contributed by atoms with Crippen molar-refractivity contribution in [3.05, 3.63) is 45.2 Å². The number of carbonyl (C=O) groups is 1. The van der Waals surface area contributed by atoms with E-state index in [1.54, 1.807) is 19.1 Å². The number of aryl methyl sites for hydroxylation is 1. The highest BCUT2D eigenvalue weighted by atomic mass is 16.5. The van der Waals surface area contributed by atoms with Crippen LogP contribution in [0.1, 0.15) is 34.8 Å². The van der Waals surface area contributed by atoms with Crippen molar-refractivity contribution in [2.24, 2.45) is 0 Å². The summed E-state index contributed by atoms with van der Waals surface area (Å²) in [7, 11) is 0. The third kappa shape index (κ3) is 1.93. The Morgan fingerprint density at radius 2 is 2.11 bits per heavy atom. The first kappa shape index (κ1) is 12.0. The molecular formula is C15H15NO3. The molecule has 0 fully saturated rings. The van der Waals surface area contributed by atoms with Gasteiger partial charge in [-0.3, -0.25) is 4.79 Å². The van der Waals surface area contributed by atoms with Gasteiger partial charge in [-0.1, -0.05) is 6.07 Å². The number of esters is 1. The van der Waals surface area contributed by atoms with E-state index in [-0.39, 0.29) is 11.5 Å². The molecule has 1 aromatic heterocycles. The van der Waals surface area contributed by atoms with Crippen molar-refractivity contribution < 1.29 is 9.53 Å². The molecule has 2 aromatic rings. The van der Waals surface area contributed by atoms with Crippen LogP contribution in [-0.4, -0.2) is 17.6 Å². The quantitative estimate of drug-likeness (QED) is 0.839. The first-order valence-corrected chi connectivity index (χ1v) is 6.55. The zero-order valence-electron chi connectivity index (χ0n) is 10.8. The zero-order chi connectivity index (χ0) is 13.4. The number of nitrogens with one attached hydrogen (secondary N) is 1. The van der Waals surface area contributed by atoms with Crippen LogP contribution in [0.4, 0.5) is 0 Å². The number of aromatic nitrogens is 1. The smallest absolute Gasteiger partial charge is 0.338 e. The van der Waals surface area contributed by atoms with Crippen molar-refractivity contribution in [1.29, 1.82) is 0 Å². The van der Waals surface area contributed by atoms with Gasteiger partial charge < -0.3 is 9.72 Å². The minimum absolute atomic E-state index is 0.0268. The third-order valence-corrected chi connectivity index (χ3v) is 3.60. The number of ether oxygens (including phenoxy) is 1. The molecule has 0 saturated carbocycles. The molecule has 0 amide bonds. The van der Waals surface area contributed by atoms with Gasteiger partial charge in [-0.25, -0.2) is 4.79 Å². The standard InChI is InChI=1S/C15H15NO3/c1-2-19-15(18)9-6-7-11-10-4-3-5-12(10)14(17)16-13(11)8-9/h6-8H,2-5H2,1H3,(H,16,17). The molecule has 0 aliphatic heterocycles. The van der Waals surface area contributed by atoms with E-state index in [1.807, 2.05) is 6.07 Å². The second-order valence-electron chi connectivity index (χ2n) is 4.75. The summed E-state index contributed by atoms with van der Waals surface area (Å²) in [6.07, 6.45) is 2.81. The Kier molecular flexibility index (Phi) is 2.85. The fourth-order valence-electron chi connectivity index (χ4n) is 2.74. The number of carbonyl (C=O) groups excluding carboxylic acids is 1. The first-order valence-electron chi connectivity index (χ1n) is 6.55. The Labute approximate surface area is 110 Å². The van der Waals surface area contributed by atoms with Crippen molar-refractivity contribution in [2.75, 3.05) is 6.61 Å². The summed E-state index contributed by atoms with van der Waals surface area (Å²) in [5.41, 5.74) is 3.20. The highest BCUT2D eigenvalue weighted by Crippen LogP contribution is 2.26. The van der Waals surface area contributed by atoms with E-state index in [0.29, 0.717) is 12.2 Å². The van der Waals surface area contributed by atoms with Gasteiger partial charge in [0.2, 0.25) is 0 Å². The van der Waals surface area contributed by atoms with Gasteiger partial charge in [-0.05, 0) is 43.9 Å². The molecule has 3 rings (SSSR count). The van der Waals surface area contributed by atoms with E-state index >= 15 is 0 Å². The van der Waals surface area contributed by atoms with E-state index in [0.717, 1.165) is 41.3 Å². The number of benzene rings is 1. The van der Waals surface area contributed by atoms with Crippen LogP contribution >= 0.6 is 0 Å². The summed E-state index contributed by atoms with van der Waals surface area (Å²) < 4.78 is 4.97. The van der Waals surface area contributed by atoms with Gasteiger partial charge in [-0.2, -0.15) is 0 Å². The van der Waals surface area contributed by atoms with Gasteiger partial charge in [0.1, 0.15) is 0 Å². The average molecular weight is 257 g/mol. The molecule has 1 N–H and O–H groups in total. The van der Waals surface area contributed by atoms with Crippen molar-refractivity contribution in [3.63, 3.8) is 0 Å². The second-order valence-corrected chi connectivity index (χ2v) is 4.75. The average Bonchev–Trinajstić information content (AvgIpc) is 2.88. The SMILES string of the molecule is CCOC(=O)c1ccc2c3c(c(=O)[nH]c2c1)CCC3. The molecule has 0 atom stereocenters. The van der Waals surface area contributed by atoms with E-state index < -0.39 is 0 Å². The number of H-pyrrole nitrogens is 1. The maximum Gasteiger partial charge on any atom is 0.338 e. The highest BCUT2D eigenvalue weighted by molar-refractivity contribution is 5.95. The lowest BCUT2D eigenvalue weighted by molar-refractivity contribution is 0.0526. The fourth-order valence-corrected chi connectivity index (χ4v) is 2.74. The maximum absolute atomic E-state index is 12.0. The van der Waals surface area contributed by atoms with Crippen LogP contribution < -0.4 is 5.56 Å². The summed E-state index contributed by atoms with van der Waals surface area (Å²) in [4.78, 5) is 26.5. The number of fused-ring (bicyclic) bond motifs is 3. The Balaban J connectivity index is 2.17. The van der Waals surface area contributed by atoms with Crippen molar-refractivity contribution in [2.45, 2.75) is 26.2 Å². The molecule has 98 valence electrons. The molecule has 19 heavy (non-hydrogen) atoms. The van der Waals surface area contributed by atoms with Crippen LogP contribution in [-0.2, 0) is 17.6 Å². The van der Waals surface area contributed by atoms with Crippen LogP contribution in [0, 0.1) is 0 Å². The molecule has 4 heteroatoms. The largest absolute Gasteiger partial charge is 0.462 e. The number of hydrogen-bond donors (Lipinski definition) is 1. The van der Waals surface area contributed by atoms with Gasteiger partial charge >= 0.3 is 5.97 Å². The van der Waals surface area contributed by atoms with Crippen molar-refractivity contribution in [1.82, 2.24) is 4.98 Å². The Morgan fingerprint density at radius 1 is 1.32 bits per heavy atom. The molecule has 1 aliphatic rings. The van der Waals surface area contributed by atoms with Gasteiger partial charge in [0.25, 0.3) is 5.56 Å². The molecule has 0 spiro atoms. The molecule has 1 heterocycles. The Hall–Kier alpha value is -2.10. The summed E-state index contributed by atoms with van der Waals surface area (Å²) >= 11 is 0. The van der Waals surface area contributed by atoms with E-state index in [2.05, 4.69) is 4.98 Å². The van der Waals surface area contributed by atoms with Gasteiger partial charge in [0.15, 0.2) is 0 Å². The lowest BCUT2D eigenvalue weighted by Crippen LogP contribution is -2.13. The topological polar surface area (TPSA) is 59.2 Å². The number of aromatic amines is 1. The highest BCUT2D eigenvalue weighted by Gasteiger charge is 2.18. The van der Waals surface area contributed by atoms with E-state index in [9.17, 15) is 9.59 Å². The lowest BCUT2D eigenvalue weighted by atomic mass is 10.0. The predicted octanol–water partition coefficient (Wildman–Crippen LogP) is 2.19. The summed E-state index contributed by atoms with van der Waals surface area (Å²) in [5, 5.41) is 1.04. The monoisotopic (exact) mass is 257 g/mol. The molecule has 0 unspecified atom stereocenters. The number of pyridine rings is 1. The molecule has 4 nitrogen and oxygen atoms in total. The fraction of sp³-hybridized carbons (Fsp3) is 0.333. The summed E-state index contributed by atoms with van der Waals surface area (Å²) in [6.45, 7) is 2.12. The van der Waals surface area contributed by atoms with Crippen LogP contribution in [0.25, 0.3) is 10.9 Å². The molecular weight excluding hydrogens is 242 g/mol. The van der Waals surface area contributed by atoms with Crippen LogP contribution in [0.3, 0.4) is 0 Å². The minimum atomic E-state index is -0.356. The molecule has 1 aromatic carbocycles. The number of rotatable bonds is 2. The zero-order valence-corrected chi connectivity index (χ0v) is 10.8. The third-order valence-electron chi connectivity index (χ3n) is 3.60. The molecule has 0 bridgehead atoms. The van der Waals surface area contributed by atoms with Crippen molar-refractivity contribution in [3.8, 4) is 0 Å². The lowest BCUT2D eigenvalue weighted by Gasteiger charge is -2.07. The minimum Gasteiger partial charge on any atom is -0.462 e. The second kappa shape index (κ2) is 4.53. The van der Waals surface area contributed by atoms with E-state index in [1.165, 1.54) is 0 Å². The van der Waals surface area contributed by atoms with Crippen molar-refractivity contribution >= 4 is 16.9 Å². The number of hydrogen-bond acceptors (Lipinski definition) is 3.